The molecular weight excluding hydrogens is 380 g/mol. The molecule has 26 heavy (non-hydrogen) atoms. The van der Waals surface area contributed by atoms with E-state index < -0.39 is 26.8 Å². The van der Waals surface area contributed by atoms with Crippen molar-refractivity contribution in [2.24, 2.45) is 0 Å². The molecule has 1 aromatic carbocycles. The van der Waals surface area contributed by atoms with Crippen molar-refractivity contribution in [3.8, 4) is 5.75 Å². The topological polar surface area (TPSA) is 116 Å². The molecule has 10 heteroatoms. The molecule has 0 aliphatic rings. The Morgan fingerprint density at radius 3 is 2.50 bits per heavy atom. The first-order valence-electron chi connectivity index (χ1n) is 7.31. The van der Waals surface area contributed by atoms with Crippen molar-refractivity contribution in [1.29, 1.82) is 0 Å². The van der Waals surface area contributed by atoms with Crippen LogP contribution in [0.25, 0.3) is 10.3 Å². The minimum Gasteiger partial charge on any atom is -0.497 e. The van der Waals surface area contributed by atoms with Gasteiger partial charge in [-0.05, 0) is 17.7 Å². The predicted octanol–water partition coefficient (Wildman–Crippen LogP) is 1.62. The molecular formula is C16H14N2O6S2. The maximum absolute atomic E-state index is 12.4. The van der Waals surface area contributed by atoms with Crippen molar-refractivity contribution in [3.63, 3.8) is 0 Å². The molecule has 0 spiro atoms. The highest BCUT2D eigenvalue weighted by atomic mass is 32.2. The number of methoxy groups -OCH3 is 1. The van der Waals surface area contributed by atoms with Gasteiger partial charge in [0.2, 0.25) is 19.6 Å². The standard InChI is InChI=1S/C16H14N2O6S2/c1-24-10-5-3-9(4-6-10)7-18-8-11(15(20)21)12(19)13-14(18)17-16(25-13)26(2,22)23/h3-6,8H,7H2,1-2H3,(H,20,21). The molecule has 0 unspecified atom stereocenters. The Bertz CT molecular complexity index is 1160. The number of carbonyl (C=O) groups is 1. The Morgan fingerprint density at radius 2 is 1.96 bits per heavy atom. The van der Waals surface area contributed by atoms with Crippen LogP contribution < -0.4 is 10.2 Å². The van der Waals surface area contributed by atoms with Crippen LogP contribution in [0.15, 0.2) is 39.6 Å². The number of hydrogen-bond donors (Lipinski definition) is 1. The van der Waals surface area contributed by atoms with Crippen molar-refractivity contribution in [3.05, 3.63) is 51.8 Å². The molecule has 0 aliphatic carbocycles. The normalized spacial score (nSPS) is 11.6. The number of carboxylic acids is 1. The number of hydrogen-bond acceptors (Lipinski definition) is 7. The molecule has 0 aliphatic heterocycles. The number of aromatic nitrogens is 2. The molecule has 3 aromatic rings. The number of ether oxygens (including phenoxy) is 1. The number of aromatic carboxylic acids is 1. The number of fused-ring (bicyclic) bond motifs is 1. The van der Waals surface area contributed by atoms with Gasteiger partial charge in [0.1, 0.15) is 16.0 Å². The fourth-order valence-electron chi connectivity index (χ4n) is 2.39. The fraction of sp³-hybridized carbons (Fsp3) is 0.188. The van der Waals surface area contributed by atoms with E-state index in [1.54, 1.807) is 31.4 Å². The quantitative estimate of drug-likeness (QED) is 0.699. The average molecular weight is 394 g/mol. The van der Waals surface area contributed by atoms with Gasteiger partial charge in [0.25, 0.3) is 0 Å². The summed E-state index contributed by atoms with van der Waals surface area (Å²) in [4.78, 5) is 27.8. The molecule has 1 N–H and O–H groups in total. The van der Waals surface area contributed by atoms with E-state index in [0.29, 0.717) is 17.1 Å². The Hall–Kier alpha value is -2.72. The summed E-state index contributed by atoms with van der Waals surface area (Å²) in [5.74, 6) is -0.715. The van der Waals surface area contributed by atoms with E-state index in [0.717, 1.165) is 11.8 Å². The number of pyridine rings is 1. The lowest BCUT2D eigenvalue weighted by molar-refractivity contribution is 0.0695. The lowest BCUT2D eigenvalue weighted by Gasteiger charge is -2.09. The molecule has 2 aromatic heterocycles. The van der Waals surface area contributed by atoms with Crippen LogP contribution in [0.4, 0.5) is 0 Å². The largest absolute Gasteiger partial charge is 0.497 e. The first-order chi connectivity index (χ1) is 12.2. The summed E-state index contributed by atoms with van der Waals surface area (Å²) in [6, 6.07) is 7.06. The van der Waals surface area contributed by atoms with E-state index in [4.69, 9.17) is 4.74 Å². The van der Waals surface area contributed by atoms with Crippen LogP contribution in [0.5, 0.6) is 5.75 Å². The minimum atomic E-state index is -3.62. The Balaban J connectivity index is 2.21. The van der Waals surface area contributed by atoms with Gasteiger partial charge >= 0.3 is 5.97 Å². The van der Waals surface area contributed by atoms with Gasteiger partial charge in [0.15, 0.2) is 5.65 Å². The molecule has 0 fully saturated rings. The van der Waals surface area contributed by atoms with Gasteiger partial charge in [-0.2, -0.15) is 0 Å². The maximum Gasteiger partial charge on any atom is 0.341 e. The van der Waals surface area contributed by atoms with Crippen LogP contribution in [0, 0.1) is 0 Å². The Labute approximate surface area is 152 Å². The van der Waals surface area contributed by atoms with Crippen molar-refractivity contribution in [2.75, 3.05) is 13.4 Å². The molecule has 0 atom stereocenters. The third-order valence-corrected chi connectivity index (χ3v) is 6.38. The molecule has 136 valence electrons. The Morgan fingerprint density at radius 1 is 1.31 bits per heavy atom. The molecule has 0 bridgehead atoms. The number of thiazole rings is 1. The second kappa shape index (κ2) is 6.54. The zero-order valence-corrected chi connectivity index (χ0v) is 15.4. The minimum absolute atomic E-state index is 0.00108. The third-order valence-electron chi connectivity index (χ3n) is 3.66. The second-order valence-electron chi connectivity index (χ2n) is 5.56. The van der Waals surface area contributed by atoms with Crippen LogP contribution in [0.1, 0.15) is 15.9 Å². The summed E-state index contributed by atoms with van der Waals surface area (Å²) in [6.45, 7) is 0.216. The van der Waals surface area contributed by atoms with Gasteiger partial charge in [-0.15, -0.1) is 0 Å². The van der Waals surface area contributed by atoms with Crippen LogP contribution in [-0.4, -0.2) is 42.4 Å². The summed E-state index contributed by atoms with van der Waals surface area (Å²) >= 11 is 0.677. The summed E-state index contributed by atoms with van der Waals surface area (Å²) in [7, 11) is -2.08. The van der Waals surface area contributed by atoms with Crippen LogP contribution in [-0.2, 0) is 16.4 Å². The molecule has 0 amide bonds. The predicted molar refractivity (Wildman–Crippen MR) is 96.0 cm³/mol. The molecule has 0 saturated carbocycles. The number of carboxylic acid groups (broad SMARTS) is 1. The zero-order chi connectivity index (χ0) is 19.1. The van der Waals surface area contributed by atoms with E-state index in [1.165, 1.54) is 10.8 Å². The van der Waals surface area contributed by atoms with Crippen LogP contribution in [0.3, 0.4) is 0 Å². The van der Waals surface area contributed by atoms with Crippen molar-refractivity contribution in [2.45, 2.75) is 10.9 Å². The number of rotatable bonds is 5. The van der Waals surface area contributed by atoms with Gasteiger partial charge in [-0.3, -0.25) is 4.79 Å². The van der Waals surface area contributed by atoms with Crippen molar-refractivity contribution in [1.82, 2.24) is 9.55 Å². The summed E-state index contributed by atoms with van der Waals surface area (Å²) in [5, 5.41) is 9.29. The SMILES string of the molecule is COc1ccc(Cn2cc(C(=O)O)c(=O)c3sc(S(C)(=O)=O)nc32)cc1. The highest BCUT2D eigenvalue weighted by Gasteiger charge is 2.22. The van der Waals surface area contributed by atoms with Crippen LogP contribution in [0.2, 0.25) is 0 Å². The molecule has 3 rings (SSSR count). The fourth-order valence-corrected chi connectivity index (χ4v) is 4.26. The van der Waals surface area contributed by atoms with Gasteiger partial charge in [0, 0.05) is 19.0 Å². The van der Waals surface area contributed by atoms with Gasteiger partial charge in [0.05, 0.1) is 7.11 Å². The zero-order valence-electron chi connectivity index (χ0n) is 13.8. The van der Waals surface area contributed by atoms with E-state index in [1.807, 2.05) is 0 Å². The van der Waals surface area contributed by atoms with Crippen molar-refractivity contribution >= 4 is 37.5 Å². The molecule has 0 radical (unpaired) electrons. The van der Waals surface area contributed by atoms with E-state index in [9.17, 15) is 23.1 Å². The first kappa shape index (κ1) is 18.1. The highest BCUT2D eigenvalue weighted by molar-refractivity contribution is 7.92. The van der Waals surface area contributed by atoms with Gasteiger partial charge in [-0.1, -0.05) is 23.5 Å². The lowest BCUT2D eigenvalue weighted by atomic mass is 10.2. The first-order valence-corrected chi connectivity index (χ1v) is 10.0. The van der Waals surface area contributed by atoms with Crippen molar-refractivity contribution < 1.29 is 23.1 Å². The molecule has 0 saturated heterocycles. The number of nitrogens with zero attached hydrogens (tertiary/aromatic N) is 2. The average Bonchev–Trinajstić information content (AvgIpc) is 3.04. The van der Waals surface area contributed by atoms with Gasteiger partial charge in [-0.25, -0.2) is 18.2 Å². The maximum atomic E-state index is 12.4. The van der Waals surface area contributed by atoms with E-state index >= 15 is 0 Å². The monoisotopic (exact) mass is 394 g/mol. The van der Waals surface area contributed by atoms with Gasteiger partial charge < -0.3 is 14.4 Å². The van der Waals surface area contributed by atoms with E-state index in [2.05, 4.69) is 4.98 Å². The molecule has 2 heterocycles. The molecule has 8 nitrogen and oxygen atoms in total. The third kappa shape index (κ3) is 3.33. The van der Waals surface area contributed by atoms with Crippen LogP contribution >= 0.6 is 11.3 Å². The Kier molecular flexibility index (Phi) is 4.55. The second-order valence-corrected chi connectivity index (χ2v) is 8.75. The summed E-state index contributed by atoms with van der Waals surface area (Å²) in [5.41, 5.74) is -0.233. The summed E-state index contributed by atoms with van der Waals surface area (Å²) in [6.07, 6.45) is 2.17. The lowest BCUT2D eigenvalue weighted by Crippen LogP contribution is -2.18. The highest BCUT2D eigenvalue weighted by Crippen LogP contribution is 2.24. The number of benzene rings is 1. The number of sulfone groups is 1. The summed E-state index contributed by atoms with van der Waals surface area (Å²) < 4.78 is 29.9. The van der Waals surface area contributed by atoms with E-state index in [-0.39, 0.29) is 21.2 Å². The smallest absolute Gasteiger partial charge is 0.341 e.